The van der Waals surface area contributed by atoms with E-state index in [-0.39, 0.29) is 0 Å². The van der Waals surface area contributed by atoms with Gasteiger partial charge in [0.25, 0.3) is 0 Å². The summed E-state index contributed by atoms with van der Waals surface area (Å²) in [5, 5.41) is 0. The Balaban J connectivity index is 4.02. The van der Waals surface area contributed by atoms with E-state index in [1.807, 2.05) is 0 Å². The Hall–Kier alpha value is 0.250. The maximum absolute atomic E-state index is 7.10. The molecule has 0 aromatic heterocycles. The lowest BCUT2D eigenvalue weighted by atomic mass is 10.1. The van der Waals surface area contributed by atoms with E-state index in [0.29, 0.717) is 0 Å². The summed E-state index contributed by atoms with van der Waals surface area (Å²) in [5.74, 6) is 0. The van der Waals surface area contributed by atoms with Crippen molar-refractivity contribution in [2.24, 2.45) is 0 Å². The quantitative estimate of drug-likeness (QED) is 0.136. The first-order valence-corrected chi connectivity index (χ1v) is 12.6. The fourth-order valence-electron chi connectivity index (χ4n) is 3.86. The second kappa shape index (κ2) is 20.0. The minimum absolute atomic E-state index is 0.829. The Kier molecular flexibility index (Phi) is 20.2. The summed E-state index contributed by atoms with van der Waals surface area (Å²) < 4.78 is 0.829. The van der Waals surface area contributed by atoms with E-state index in [1.54, 1.807) is 0 Å². The monoisotopic (exact) mass is 388 g/mol. The van der Waals surface area contributed by atoms with Gasteiger partial charge in [0.15, 0.2) is 11.8 Å². The smallest absolute Gasteiger partial charge is 0.165 e. The van der Waals surface area contributed by atoms with Gasteiger partial charge in [0.05, 0.1) is 19.6 Å². The van der Waals surface area contributed by atoms with Crippen LogP contribution in [0, 0.1) is 0 Å². The number of rotatable bonds is 21. The molecule has 0 atom stereocenters. The van der Waals surface area contributed by atoms with Crippen LogP contribution in [-0.4, -0.2) is 23.6 Å². The van der Waals surface area contributed by atoms with Crippen molar-refractivity contribution in [3.63, 3.8) is 0 Å². The van der Waals surface area contributed by atoms with E-state index in [1.165, 1.54) is 135 Å². The second-order valence-electron chi connectivity index (χ2n) is 8.50. The molecule has 0 saturated carbocycles. The van der Waals surface area contributed by atoms with Gasteiger partial charge in [-0.1, -0.05) is 97.8 Å². The van der Waals surface area contributed by atoms with Crippen LogP contribution in [0.5, 0.6) is 0 Å². The summed E-state index contributed by atoms with van der Waals surface area (Å²) in [4.78, 5) is 0. The van der Waals surface area contributed by atoms with E-state index in [4.69, 9.17) is 11.8 Å². The van der Waals surface area contributed by atoms with E-state index in [2.05, 4.69) is 20.8 Å². The normalized spacial score (nSPS) is 12.0. The highest BCUT2D eigenvalue weighted by molar-refractivity contribution is 6.06. The average Bonchev–Trinajstić information content (AvgIpc) is 2.64. The molecule has 0 heterocycles. The lowest BCUT2D eigenvalue weighted by molar-refractivity contribution is -0.816. The van der Waals surface area contributed by atoms with E-state index in [9.17, 15) is 0 Å². The van der Waals surface area contributed by atoms with E-state index in [0.717, 1.165) is 4.00 Å². The third kappa shape index (κ3) is 17.7. The van der Waals surface area contributed by atoms with Gasteiger partial charge in [0, 0.05) is 0 Å². The Morgan fingerprint density at radius 3 is 0.885 bits per heavy atom. The summed E-state index contributed by atoms with van der Waals surface area (Å²) in [7, 11) is 0. The molecule has 158 valence electrons. The highest BCUT2D eigenvalue weighted by Gasteiger charge is 2.24. The van der Waals surface area contributed by atoms with Gasteiger partial charge in [-0.3, -0.25) is 0 Å². The number of quaternary nitrogens is 1. The van der Waals surface area contributed by atoms with Gasteiger partial charge in [-0.05, 0) is 38.5 Å². The van der Waals surface area contributed by atoms with Crippen molar-refractivity contribution in [1.29, 1.82) is 0 Å². The maximum Gasteiger partial charge on any atom is 0.165 e. The molecule has 0 aliphatic heterocycles. The van der Waals surface area contributed by atoms with Crippen LogP contribution in [0.2, 0.25) is 0 Å². The van der Waals surface area contributed by atoms with Crippen molar-refractivity contribution in [3.05, 3.63) is 0 Å². The highest BCUT2D eigenvalue weighted by Crippen LogP contribution is 2.21. The summed E-state index contributed by atoms with van der Waals surface area (Å²) in [5.41, 5.74) is 0. The predicted octanol–water partition coefficient (Wildman–Crippen LogP) is 9.04. The molecule has 0 rings (SSSR count). The zero-order valence-electron chi connectivity index (χ0n) is 18.7. The average molecular weight is 389 g/mol. The van der Waals surface area contributed by atoms with E-state index < -0.39 is 0 Å². The van der Waals surface area contributed by atoms with Crippen molar-refractivity contribution in [1.82, 2.24) is 0 Å². The SMILES string of the molecule is CCCCCCCC[N+](Cl)(CCCCCCCC)CCCCCCCC. The number of halogens is 1. The number of hydrogen-bond acceptors (Lipinski definition) is 0. The zero-order valence-corrected chi connectivity index (χ0v) is 19.4. The van der Waals surface area contributed by atoms with E-state index >= 15 is 0 Å². The van der Waals surface area contributed by atoms with Crippen LogP contribution in [0.15, 0.2) is 0 Å². The number of hydrogen-bond donors (Lipinski definition) is 0. The summed E-state index contributed by atoms with van der Waals surface area (Å²) >= 11 is 7.10. The third-order valence-corrected chi connectivity index (χ3v) is 6.24. The molecule has 1 nitrogen and oxygen atoms in total. The fourth-order valence-corrected chi connectivity index (χ4v) is 4.22. The topological polar surface area (TPSA) is 0 Å². The third-order valence-electron chi connectivity index (χ3n) is 5.74. The van der Waals surface area contributed by atoms with Gasteiger partial charge in [-0.2, -0.15) is 0 Å². The van der Waals surface area contributed by atoms with Crippen molar-refractivity contribution >= 4 is 11.8 Å². The maximum atomic E-state index is 7.10. The standard InChI is InChI=1S/C24H51ClN/c1-4-7-10-13-16-19-22-26(25,23-20-17-14-11-8-5-2)24-21-18-15-12-9-6-3/h4-24H2,1-3H3/q+1. The summed E-state index contributed by atoms with van der Waals surface area (Å²) in [6, 6.07) is 0. The molecule has 0 aliphatic rings. The van der Waals surface area contributed by atoms with Gasteiger partial charge >= 0.3 is 0 Å². The first-order chi connectivity index (χ1) is 12.7. The molecule has 0 saturated heterocycles. The van der Waals surface area contributed by atoms with Crippen LogP contribution >= 0.6 is 11.8 Å². The Morgan fingerprint density at radius 1 is 0.385 bits per heavy atom. The fraction of sp³-hybridized carbons (Fsp3) is 1.00. The zero-order chi connectivity index (χ0) is 19.3. The minimum atomic E-state index is 0.829. The molecule has 0 aliphatic carbocycles. The van der Waals surface area contributed by atoms with Crippen LogP contribution in [0.4, 0.5) is 0 Å². The van der Waals surface area contributed by atoms with Gasteiger partial charge in [0.2, 0.25) is 0 Å². The lowest BCUT2D eigenvalue weighted by Crippen LogP contribution is -2.41. The molecule has 0 amide bonds. The Labute approximate surface area is 172 Å². The first kappa shape index (κ1) is 26.2. The molecule has 0 radical (unpaired) electrons. The molecule has 26 heavy (non-hydrogen) atoms. The molecule has 0 fully saturated rings. The Bertz CT molecular complexity index is 226. The van der Waals surface area contributed by atoms with Crippen molar-refractivity contribution in [2.45, 2.75) is 136 Å². The summed E-state index contributed by atoms with van der Waals surface area (Å²) in [6.07, 6.45) is 24.7. The molecule has 2 heteroatoms. The molecule has 0 bridgehead atoms. The number of nitrogens with zero attached hydrogens (tertiary/aromatic N) is 1. The second-order valence-corrected chi connectivity index (χ2v) is 9.22. The molecule has 0 spiro atoms. The van der Waals surface area contributed by atoms with Gasteiger partial charge in [-0.15, -0.1) is 0 Å². The predicted molar refractivity (Wildman–Crippen MR) is 121 cm³/mol. The van der Waals surface area contributed by atoms with Crippen LogP contribution < -0.4 is 0 Å². The Morgan fingerprint density at radius 2 is 0.615 bits per heavy atom. The van der Waals surface area contributed by atoms with Crippen LogP contribution in [-0.2, 0) is 0 Å². The van der Waals surface area contributed by atoms with Crippen molar-refractivity contribution in [3.8, 4) is 0 Å². The minimum Gasteiger partial charge on any atom is -0.222 e. The molecule has 0 unspecified atom stereocenters. The molecule has 0 N–H and O–H groups in total. The molecule has 0 aromatic rings. The van der Waals surface area contributed by atoms with Gasteiger partial charge in [0.1, 0.15) is 0 Å². The first-order valence-electron chi connectivity index (χ1n) is 12.2. The van der Waals surface area contributed by atoms with Gasteiger partial charge in [-0.25, -0.2) is 4.00 Å². The van der Waals surface area contributed by atoms with Crippen LogP contribution in [0.1, 0.15) is 136 Å². The largest absolute Gasteiger partial charge is 0.222 e. The molecule has 0 aromatic carbocycles. The van der Waals surface area contributed by atoms with Crippen molar-refractivity contribution < 1.29 is 4.00 Å². The van der Waals surface area contributed by atoms with Gasteiger partial charge < -0.3 is 0 Å². The highest BCUT2D eigenvalue weighted by atomic mass is 35.5. The lowest BCUT2D eigenvalue weighted by Gasteiger charge is -2.30. The number of unbranched alkanes of at least 4 members (excludes halogenated alkanes) is 15. The van der Waals surface area contributed by atoms with Crippen molar-refractivity contribution in [2.75, 3.05) is 19.6 Å². The molecular weight excluding hydrogens is 338 g/mol. The molecular formula is C24H51ClN+. The van der Waals surface area contributed by atoms with Crippen LogP contribution in [0.25, 0.3) is 0 Å². The van der Waals surface area contributed by atoms with Crippen LogP contribution in [0.3, 0.4) is 0 Å². The summed E-state index contributed by atoms with van der Waals surface area (Å²) in [6.45, 7) is 10.5.